The van der Waals surface area contributed by atoms with E-state index in [-0.39, 0.29) is 18.4 Å². The largest absolute Gasteiger partial charge is 0.354 e. The Balaban J connectivity index is 2.44. The molecule has 0 saturated carbocycles. The summed E-state index contributed by atoms with van der Waals surface area (Å²) in [5, 5.41) is 3.63. The van der Waals surface area contributed by atoms with E-state index in [0.717, 1.165) is 16.1 Å². The predicted octanol–water partition coefficient (Wildman–Crippen LogP) is 4.51. The van der Waals surface area contributed by atoms with Gasteiger partial charge in [-0.2, -0.15) is 0 Å². The summed E-state index contributed by atoms with van der Waals surface area (Å²) < 4.78 is 26.5. The van der Waals surface area contributed by atoms with E-state index in [2.05, 4.69) is 5.32 Å². The van der Waals surface area contributed by atoms with Crippen LogP contribution in [0.15, 0.2) is 42.5 Å². The molecular formula is C25H33Cl2N3O4S. The van der Waals surface area contributed by atoms with E-state index in [0.29, 0.717) is 34.3 Å². The van der Waals surface area contributed by atoms with Crippen molar-refractivity contribution < 1.29 is 18.0 Å². The van der Waals surface area contributed by atoms with E-state index in [1.54, 1.807) is 37.3 Å². The van der Waals surface area contributed by atoms with Gasteiger partial charge in [-0.05, 0) is 48.6 Å². The van der Waals surface area contributed by atoms with Crippen LogP contribution in [0.1, 0.15) is 38.8 Å². The first-order valence-electron chi connectivity index (χ1n) is 11.4. The van der Waals surface area contributed by atoms with E-state index >= 15 is 0 Å². The Labute approximate surface area is 218 Å². The molecular weight excluding hydrogens is 509 g/mol. The van der Waals surface area contributed by atoms with Crippen molar-refractivity contribution in [2.75, 3.05) is 23.7 Å². The van der Waals surface area contributed by atoms with Gasteiger partial charge < -0.3 is 10.2 Å². The first-order valence-corrected chi connectivity index (χ1v) is 14.0. The van der Waals surface area contributed by atoms with Crippen LogP contribution in [0.4, 0.5) is 5.69 Å². The van der Waals surface area contributed by atoms with E-state index in [1.165, 1.54) is 4.90 Å². The monoisotopic (exact) mass is 541 g/mol. The van der Waals surface area contributed by atoms with Gasteiger partial charge in [-0.1, -0.05) is 68.2 Å². The number of aryl methyl sites for hydroxylation is 1. The molecule has 0 aliphatic rings. The molecule has 0 bridgehead atoms. The fourth-order valence-electron chi connectivity index (χ4n) is 3.52. The molecule has 0 radical (unpaired) electrons. The van der Waals surface area contributed by atoms with Gasteiger partial charge in [-0.25, -0.2) is 8.42 Å². The molecule has 0 heterocycles. The lowest BCUT2D eigenvalue weighted by Crippen LogP contribution is -2.51. The molecule has 1 N–H and O–H groups in total. The van der Waals surface area contributed by atoms with Gasteiger partial charge in [0.25, 0.3) is 0 Å². The molecule has 0 aromatic heterocycles. The van der Waals surface area contributed by atoms with Crippen LogP contribution in [0.25, 0.3) is 0 Å². The quantitative estimate of drug-likeness (QED) is 0.453. The van der Waals surface area contributed by atoms with Crippen LogP contribution < -0.4 is 9.62 Å². The zero-order valence-corrected chi connectivity index (χ0v) is 23.0. The maximum Gasteiger partial charge on any atom is 0.244 e. The maximum atomic E-state index is 13.6. The average Bonchev–Trinajstić information content (AvgIpc) is 2.79. The number of rotatable bonds is 11. The summed E-state index contributed by atoms with van der Waals surface area (Å²) in [6.45, 7) is 7.47. The number of sulfonamides is 1. The highest BCUT2D eigenvalue weighted by Gasteiger charge is 2.31. The fraction of sp³-hybridized carbons (Fsp3) is 0.440. The molecule has 192 valence electrons. The number of carbonyl (C=O) groups excluding carboxylic acids is 2. The molecule has 10 heteroatoms. The highest BCUT2D eigenvalue weighted by molar-refractivity contribution is 7.92. The van der Waals surface area contributed by atoms with Gasteiger partial charge in [0.05, 0.1) is 11.9 Å². The Morgan fingerprint density at radius 2 is 1.69 bits per heavy atom. The van der Waals surface area contributed by atoms with Crippen molar-refractivity contribution in [1.29, 1.82) is 0 Å². The molecule has 2 aromatic rings. The Hall–Kier alpha value is -2.29. The number of anilines is 1. The molecule has 2 amide bonds. The molecule has 0 spiro atoms. The first-order chi connectivity index (χ1) is 16.3. The highest BCUT2D eigenvalue weighted by atomic mass is 35.5. The molecule has 0 aliphatic heterocycles. The van der Waals surface area contributed by atoms with Crippen molar-refractivity contribution in [3.8, 4) is 0 Å². The second-order valence-electron chi connectivity index (χ2n) is 8.82. The van der Waals surface area contributed by atoms with E-state index in [4.69, 9.17) is 23.2 Å². The molecule has 35 heavy (non-hydrogen) atoms. The summed E-state index contributed by atoms with van der Waals surface area (Å²) in [7, 11) is -3.79. The fourth-order valence-corrected chi connectivity index (χ4v) is 4.86. The van der Waals surface area contributed by atoms with E-state index < -0.39 is 28.5 Å². The Morgan fingerprint density at radius 3 is 2.26 bits per heavy atom. The summed E-state index contributed by atoms with van der Waals surface area (Å²) in [5.74, 6) is -0.635. The molecule has 2 rings (SSSR count). The minimum atomic E-state index is -3.79. The second-order valence-corrected chi connectivity index (χ2v) is 11.6. The summed E-state index contributed by atoms with van der Waals surface area (Å²) >= 11 is 12.4. The zero-order chi connectivity index (χ0) is 26.3. The van der Waals surface area contributed by atoms with Crippen LogP contribution in [0.2, 0.25) is 10.0 Å². The zero-order valence-electron chi connectivity index (χ0n) is 20.7. The SMILES string of the molecule is CCc1ccccc1N(CC(=O)N(Cc1ccc(Cl)cc1Cl)[C@H](C)C(=O)NCC(C)C)S(C)(=O)=O. The summed E-state index contributed by atoms with van der Waals surface area (Å²) in [6, 6.07) is 11.1. The number of para-hydroxylation sites is 1. The molecule has 1 atom stereocenters. The van der Waals surface area contributed by atoms with Gasteiger partial charge in [-0.15, -0.1) is 0 Å². The summed E-state index contributed by atoms with van der Waals surface area (Å²) in [6.07, 6.45) is 1.65. The number of halogens is 2. The lowest BCUT2D eigenvalue weighted by atomic mass is 10.1. The van der Waals surface area contributed by atoms with Crippen LogP contribution in [0.3, 0.4) is 0 Å². The number of nitrogens with zero attached hydrogens (tertiary/aromatic N) is 2. The van der Waals surface area contributed by atoms with Crippen LogP contribution in [-0.4, -0.2) is 50.5 Å². The molecule has 0 unspecified atom stereocenters. The number of carbonyl (C=O) groups is 2. The Morgan fingerprint density at radius 1 is 1.03 bits per heavy atom. The van der Waals surface area contributed by atoms with Gasteiger partial charge in [0.2, 0.25) is 21.8 Å². The number of hydrogen-bond acceptors (Lipinski definition) is 4. The van der Waals surface area contributed by atoms with Gasteiger partial charge in [-0.3, -0.25) is 13.9 Å². The Bertz CT molecular complexity index is 1160. The maximum absolute atomic E-state index is 13.6. The third-order valence-corrected chi connectivity index (χ3v) is 7.24. The number of benzene rings is 2. The molecule has 0 aliphatic carbocycles. The second kappa shape index (κ2) is 12.6. The molecule has 2 aromatic carbocycles. The van der Waals surface area contributed by atoms with Crippen molar-refractivity contribution in [1.82, 2.24) is 10.2 Å². The molecule has 0 saturated heterocycles. The van der Waals surface area contributed by atoms with Gasteiger partial charge >= 0.3 is 0 Å². The van der Waals surface area contributed by atoms with Gasteiger partial charge in [0, 0.05) is 23.1 Å². The topological polar surface area (TPSA) is 86.8 Å². The van der Waals surface area contributed by atoms with Crippen LogP contribution in [0, 0.1) is 5.92 Å². The first kappa shape index (κ1) is 28.9. The molecule has 0 fully saturated rings. The normalized spacial score (nSPS) is 12.3. The van der Waals surface area contributed by atoms with E-state index in [1.807, 2.05) is 32.9 Å². The summed E-state index contributed by atoms with van der Waals surface area (Å²) in [4.78, 5) is 27.8. The third kappa shape index (κ3) is 8.12. The number of hydrogen-bond donors (Lipinski definition) is 1. The minimum absolute atomic E-state index is 0.0120. The van der Waals surface area contributed by atoms with E-state index in [9.17, 15) is 18.0 Å². The van der Waals surface area contributed by atoms with Crippen LogP contribution >= 0.6 is 23.2 Å². The minimum Gasteiger partial charge on any atom is -0.354 e. The predicted molar refractivity (Wildman–Crippen MR) is 142 cm³/mol. The average molecular weight is 543 g/mol. The lowest BCUT2D eigenvalue weighted by molar-refractivity contribution is -0.139. The van der Waals surface area contributed by atoms with Crippen LogP contribution in [0.5, 0.6) is 0 Å². The lowest BCUT2D eigenvalue weighted by Gasteiger charge is -2.32. The van der Waals surface area contributed by atoms with Crippen molar-refractivity contribution in [3.63, 3.8) is 0 Å². The van der Waals surface area contributed by atoms with Gasteiger partial charge in [0.15, 0.2) is 0 Å². The highest BCUT2D eigenvalue weighted by Crippen LogP contribution is 2.26. The van der Waals surface area contributed by atoms with Gasteiger partial charge in [0.1, 0.15) is 12.6 Å². The van der Waals surface area contributed by atoms with Crippen molar-refractivity contribution in [2.45, 2.75) is 46.7 Å². The summed E-state index contributed by atoms with van der Waals surface area (Å²) in [5.41, 5.74) is 1.82. The third-order valence-electron chi connectivity index (χ3n) is 5.53. The van der Waals surface area contributed by atoms with Crippen molar-refractivity contribution >= 4 is 50.7 Å². The van der Waals surface area contributed by atoms with Crippen molar-refractivity contribution in [3.05, 3.63) is 63.6 Å². The van der Waals surface area contributed by atoms with Crippen molar-refractivity contribution in [2.24, 2.45) is 5.92 Å². The van der Waals surface area contributed by atoms with Crippen LogP contribution in [-0.2, 0) is 32.6 Å². The standard InChI is InChI=1S/C25H33Cl2N3O4S/c1-6-19-9-7-8-10-23(19)30(35(5,33)34)16-24(31)29(18(4)25(32)28-14-17(2)3)15-20-11-12-21(26)13-22(20)27/h7-13,17-18H,6,14-16H2,1-5H3,(H,28,32)/t18-/m1/s1. The molecule has 7 nitrogen and oxygen atoms in total. The Kier molecular flexibility index (Phi) is 10.4. The number of nitrogens with one attached hydrogen (secondary N) is 1. The number of amides is 2. The smallest absolute Gasteiger partial charge is 0.244 e.